The second-order valence-electron chi connectivity index (χ2n) is 5.81. The Morgan fingerprint density at radius 3 is 2.50 bits per heavy atom. The van der Waals surface area contributed by atoms with E-state index in [2.05, 4.69) is 43.1 Å². The molecule has 4 nitrogen and oxygen atoms in total. The van der Waals surface area contributed by atoms with Crippen molar-refractivity contribution in [3.8, 4) is 11.5 Å². The van der Waals surface area contributed by atoms with E-state index in [1.54, 1.807) is 14.2 Å². The van der Waals surface area contributed by atoms with Crippen LogP contribution in [0, 0.1) is 5.92 Å². The number of ether oxygens (including phenoxy) is 2. The highest BCUT2D eigenvalue weighted by Crippen LogP contribution is 2.33. The minimum Gasteiger partial charge on any atom is -0.493 e. The van der Waals surface area contributed by atoms with E-state index >= 15 is 0 Å². The molecule has 1 heterocycles. The second kappa shape index (κ2) is 6.35. The van der Waals surface area contributed by atoms with Gasteiger partial charge in [0.15, 0.2) is 11.5 Å². The van der Waals surface area contributed by atoms with Gasteiger partial charge in [-0.25, -0.2) is 0 Å². The largest absolute Gasteiger partial charge is 0.493 e. The molecule has 112 valence electrons. The summed E-state index contributed by atoms with van der Waals surface area (Å²) in [6.07, 6.45) is 0. The monoisotopic (exact) mass is 278 g/mol. The summed E-state index contributed by atoms with van der Waals surface area (Å²) in [5, 5.41) is 3.57. The number of piperazine rings is 1. The van der Waals surface area contributed by atoms with Gasteiger partial charge < -0.3 is 19.7 Å². The number of hydrogen-bond acceptors (Lipinski definition) is 4. The molecule has 1 aromatic rings. The summed E-state index contributed by atoms with van der Waals surface area (Å²) in [5.74, 6) is 2.17. The molecule has 0 aliphatic carbocycles. The Morgan fingerprint density at radius 1 is 1.20 bits per heavy atom. The van der Waals surface area contributed by atoms with Crippen molar-refractivity contribution in [2.75, 3.05) is 32.2 Å². The summed E-state index contributed by atoms with van der Waals surface area (Å²) in [7, 11) is 3.35. The zero-order valence-electron chi connectivity index (χ0n) is 13.1. The zero-order valence-corrected chi connectivity index (χ0v) is 13.1. The number of hydrogen-bond donors (Lipinski definition) is 1. The Morgan fingerprint density at radius 2 is 1.90 bits per heavy atom. The summed E-state index contributed by atoms with van der Waals surface area (Å²) >= 11 is 0. The van der Waals surface area contributed by atoms with Crippen LogP contribution in [0.15, 0.2) is 18.2 Å². The number of methoxy groups -OCH3 is 2. The van der Waals surface area contributed by atoms with Crippen molar-refractivity contribution < 1.29 is 9.47 Å². The average molecular weight is 278 g/mol. The molecule has 4 heteroatoms. The molecule has 0 aromatic heterocycles. The van der Waals surface area contributed by atoms with Gasteiger partial charge in [-0.05, 0) is 25.0 Å². The van der Waals surface area contributed by atoms with Gasteiger partial charge in [-0.2, -0.15) is 0 Å². The number of anilines is 1. The Balaban J connectivity index is 2.31. The third-order valence-corrected chi connectivity index (χ3v) is 4.01. The van der Waals surface area contributed by atoms with Crippen LogP contribution in [-0.4, -0.2) is 39.4 Å². The molecule has 1 aliphatic heterocycles. The quantitative estimate of drug-likeness (QED) is 0.917. The Kier molecular flexibility index (Phi) is 4.76. The first kappa shape index (κ1) is 15.0. The lowest BCUT2D eigenvalue weighted by atomic mass is 9.98. The van der Waals surface area contributed by atoms with E-state index in [9.17, 15) is 0 Å². The van der Waals surface area contributed by atoms with Crippen LogP contribution in [0.4, 0.5) is 5.69 Å². The molecule has 0 bridgehead atoms. The minimum absolute atomic E-state index is 0.498. The first-order valence-electron chi connectivity index (χ1n) is 7.28. The zero-order chi connectivity index (χ0) is 14.7. The average Bonchev–Trinajstić information content (AvgIpc) is 2.46. The van der Waals surface area contributed by atoms with E-state index in [0.717, 1.165) is 24.6 Å². The third-order valence-electron chi connectivity index (χ3n) is 4.01. The fourth-order valence-electron chi connectivity index (χ4n) is 2.82. The Hall–Kier alpha value is -1.42. The number of benzene rings is 1. The van der Waals surface area contributed by atoms with Gasteiger partial charge in [-0.1, -0.05) is 13.8 Å². The standard InChI is InChI=1S/C16H26N2O2/c1-11(2)14-9-17-12(3)10-18(14)13-6-7-15(19-4)16(8-13)20-5/h6-8,11-12,14,17H,9-10H2,1-5H3. The van der Waals surface area contributed by atoms with Gasteiger partial charge in [0.2, 0.25) is 0 Å². The molecule has 20 heavy (non-hydrogen) atoms. The molecule has 1 aliphatic rings. The summed E-state index contributed by atoms with van der Waals surface area (Å²) < 4.78 is 10.7. The molecule has 1 N–H and O–H groups in total. The Bertz CT molecular complexity index is 448. The van der Waals surface area contributed by atoms with E-state index in [1.807, 2.05) is 6.07 Å². The van der Waals surface area contributed by atoms with E-state index in [0.29, 0.717) is 18.0 Å². The smallest absolute Gasteiger partial charge is 0.162 e. The number of nitrogens with one attached hydrogen (secondary N) is 1. The molecule has 0 radical (unpaired) electrons. The first-order valence-corrected chi connectivity index (χ1v) is 7.28. The van der Waals surface area contributed by atoms with Crippen molar-refractivity contribution in [3.05, 3.63) is 18.2 Å². The van der Waals surface area contributed by atoms with Gasteiger partial charge in [0.1, 0.15) is 0 Å². The van der Waals surface area contributed by atoms with Crippen LogP contribution in [-0.2, 0) is 0 Å². The highest BCUT2D eigenvalue weighted by atomic mass is 16.5. The fraction of sp³-hybridized carbons (Fsp3) is 0.625. The van der Waals surface area contributed by atoms with Gasteiger partial charge in [-0.15, -0.1) is 0 Å². The molecule has 1 fully saturated rings. The van der Waals surface area contributed by atoms with Crippen LogP contribution >= 0.6 is 0 Å². The van der Waals surface area contributed by atoms with E-state index in [-0.39, 0.29) is 0 Å². The second-order valence-corrected chi connectivity index (χ2v) is 5.81. The van der Waals surface area contributed by atoms with Crippen molar-refractivity contribution in [1.82, 2.24) is 5.32 Å². The van der Waals surface area contributed by atoms with Crippen molar-refractivity contribution in [1.29, 1.82) is 0 Å². The van der Waals surface area contributed by atoms with Gasteiger partial charge in [0.25, 0.3) is 0 Å². The van der Waals surface area contributed by atoms with Gasteiger partial charge in [-0.3, -0.25) is 0 Å². The highest BCUT2D eigenvalue weighted by molar-refractivity contribution is 5.57. The van der Waals surface area contributed by atoms with Crippen molar-refractivity contribution >= 4 is 5.69 Å². The van der Waals surface area contributed by atoms with Crippen LogP contribution in [0.2, 0.25) is 0 Å². The third kappa shape index (κ3) is 3.01. The van der Waals surface area contributed by atoms with Gasteiger partial charge in [0, 0.05) is 36.9 Å². The van der Waals surface area contributed by atoms with Crippen molar-refractivity contribution in [2.24, 2.45) is 5.92 Å². The van der Waals surface area contributed by atoms with E-state index in [1.165, 1.54) is 5.69 Å². The van der Waals surface area contributed by atoms with Crippen LogP contribution in [0.1, 0.15) is 20.8 Å². The normalized spacial score (nSPS) is 23.0. The summed E-state index contributed by atoms with van der Waals surface area (Å²) in [4.78, 5) is 2.48. The van der Waals surface area contributed by atoms with Crippen LogP contribution in [0.5, 0.6) is 11.5 Å². The van der Waals surface area contributed by atoms with Crippen LogP contribution in [0.3, 0.4) is 0 Å². The predicted molar refractivity (Wildman–Crippen MR) is 83.0 cm³/mol. The minimum atomic E-state index is 0.498. The number of nitrogens with zero attached hydrogens (tertiary/aromatic N) is 1. The fourth-order valence-corrected chi connectivity index (χ4v) is 2.82. The SMILES string of the molecule is COc1ccc(N2CC(C)NCC2C(C)C)cc1OC. The topological polar surface area (TPSA) is 33.7 Å². The molecule has 2 atom stereocenters. The van der Waals surface area contributed by atoms with E-state index < -0.39 is 0 Å². The summed E-state index contributed by atoms with van der Waals surface area (Å²) in [5.41, 5.74) is 1.20. The number of rotatable bonds is 4. The molecule has 2 rings (SSSR count). The summed E-state index contributed by atoms with van der Waals surface area (Å²) in [6, 6.07) is 7.18. The van der Waals surface area contributed by atoms with Gasteiger partial charge in [0.05, 0.1) is 14.2 Å². The Labute approximate surface area is 122 Å². The van der Waals surface area contributed by atoms with Gasteiger partial charge >= 0.3 is 0 Å². The van der Waals surface area contributed by atoms with Crippen molar-refractivity contribution in [2.45, 2.75) is 32.9 Å². The molecule has 1 saturated heterocycles. The first-order chi connectivity index (χ1) is 9.56. The predicted octanol–water partition coefficient (Wildman–Crippen LogP) is 2.53. The maximum absolute atomic E-state index is 5.42. The maximum Gasteiger partial charge on any atom is 0.162 e. The van der Waals surface area contributed by atoms with Crippen LogP contribution in [0.25, 0.3) is 0 Å². The van der Waals surface area contributed by atoms with Crippen molar-refractivity contribution in [3.63, 3.8) is 0 Å². The molecule has 0 spiro atoms. The molecule has 0 saturated carbocycles. The molecule has 2 unspecified atom stereocenters. The lowest BCUT2D eigenvalue weighted by Gasteiger charge is -2.43. The molecule has 1 aromatic carbocycles. The molecular formula is C16H26N2O2. The molecule has 0 amide bonds. The highest BCUT2D eigenvalue weighted by Gasteiger charge is 2.28. The lowest BCUT2D eigenvalue weighted by molar-refractivity contribution is 0.344. The van der Waals surface area contributed by atoms with E-state index in [4.69, 9.17) is 9.47 Å². The molecular weight excluding hydrogens is 252 g/mol. The maximum atomic E-state index is 5.42. The summed E-state index contributed by atoms with van der Waals surface area (Å²) in [6.45, 7) is 8.81. The van der Waals surface area contributed by atoms with Crippen LogP contribution < -0.4 is 19.7 Å². The lowest BCUT2D eigenvalue weighted by Crippen LogP contribution is -2.57.